The van der Waals surface area contributed by atoms with E-state index in [1.54, 1.807) is 0 Å². The first-order chi connectivity index (χ1) is 6.84. The van der Waals surface area contributed by atoms with Crippen LogP contribution >= 0.6 is 15.9 Å². The topological polar surface area (TPSA) is 15.9 Å². The summed E-state index contributed by atoms with van der Waals surface area (Å²) in [6, 6.07) is 14.0. The minimum Gasteiger partial charge on any atom is -0.161 e. The Labute approximate surface area is 91.3 Å². The van der Waals surface area contributed by atoms with Crippen LogP contribution in [0.25, 0.3) is 0 Å². The lowest BCUT2D eigenvalue weighted by molar-refractivity contribution is -0.642. The van der Waals surface area contributed by atoms with Crippen molar-refractivity contribution in [1.29, 1.82) is 0 Å². The van der Waals surface area contributed by atoms with Crippen LogP contribution in [-0.4, -0.2) is 0 Å². The van der Waals surface area contributed by atoms with Gasteiger partial charge in [0.05, 0.1) is 5.69 Å². The van der Waals surface area contributed by atoms with Crippen molar-refractivity contribution in [3.63, 3.8) is 0 Å². The fraction of sp³-hybridized carbons (Fsp3) is 0. The molecule has 1 heterocycles. The third-order valence-corrected chi connectivity index (χ3v) is 2.35. The average molecular weight is 250 g/mol. The van der Waals surface area contributed by atoms with Gasteiger partial charge in [-0.2, -0.15) is 5.43 Å². The van der Waals surface area contributed by atoms with E-state index in [1.165, 1.54) is 0 Å². The van der Waals surface area contributed by atoms with Crippen LogP contribution < -0.4 is 10.1 Å². The summed E-state index contributed by atoms with van der Waals surface area (Å²) in [5, 5.41) is 0. The summed E-state index contributed by atoms with van der Waals surface area (Å²) in [7, 11) is 0. The largest absolute Gasteiger partial charge is 0.199 e. The van der Waals surface area contributed by atoms with Gasteiger partial charge in [-0.25, -0.2) is 0 Å². The minimum atomic E-state index is 1.06. The van der Waals surface area contributed by atoms with Crippen LogP contribution in [-0.2, 0) is 0 Å². The van der Waals surface area contributed by atoms with E-state index in [0.29, 0.717) is 0 Å². The average Bonchev–Trinajstić information content (AvgIpc) is 2.23. The normalized spacial score (nSPS) is 9.79. The van der Waals surface area contributed by atoms with Gasteiger partial charge in [0.1, 0.15) is 0 Å². The van der Waals surface area contributed by atoms with Gasteiger partial charge in [0.2, 0.25) is 0 Å². The summed E-state index contributed by atoms with van der Waals surface area (Å²) in [5.41, 5.74) is 4.29. The second-order valence-electron chi connectivity index (χ2n) is 2.90. The molecule has 1 aromatic carbocycles. The third-order valence-electron chi connectivity index (χ3n) is 1.82. The van der Waals surface area contributed by atoms with E-state index in [1.807, 2.05) is 59.5 Å². The molecule has 0 saturated carbocycles. The number of anilines is 1. The van der Waals surface area contributed by atoms with Crippen molar-refractivity contribution < 1.29 is 4.68 Å². The number of pyridine rings is 1. The lowest BCUT2D eigenvalue weighted by Crippen LogP contribution is -2.41. The predicted octanol–water partition coefficient (Wildman–Crippen LogP) is 2.61. The van der Waals surface area contributed by atoms with E-state index in [-0.39, 0.29) is 0 Å². The molecular weight excluding hydrogens is 240 g/mol. The van der Waals surface area contributed by atoms with Gasteiger partial charge in [0, 0.05) is 16.6 Å². The van der Waals surface area contributed by atoms with Crippen LogP contribution in [0, 0.1) is 0 Å². The summed E-state index contributed by atoms with van der Waals surface area (Å²) < 4.78 is 2.99. The van der Waals surface area contributed by atoms with Crippen molar-refractivity contribution in [2.75, 3.05) is 5.43 Å². The zero-order valence-corrected chi connectivity index (χ0v) is 9.11. The molecule has 0 spiro atoms. The van der Waals surface area contributed by atoms with Crippen molar-refractivity contribution in [2.45, 2.75) is 0 Å². The number of aromatic nitrogens is 1. The highest BCUT2D eigenvalue weighted by atomic mass is 79.9. The second-order valence-corrected chi connectivity index (χ2v) is 3.82. The van der Waals surface area contributed by atoms with E-state index in [4.69, 9.17) is 0 Å². The van der Waals surface area contributed by atoms with Gasteiger partial charge in [-0.1, -0.05) is 26.7 Å². The zero-order chi connectivity index (χ0) is 9.80. The van der Waals surface area contributed by atoms with E-state index < -0.39 is 0 Å². The first-order valence-corrected chi connectivity index (χ1v) is 5.13. The van der Waals surface area contributed by atoms with E-state index in [2.05, 4.69) is 21.4 Å². The van der Waals surface area contributed by atoms with Crippen LogP contribution in [0.3, 0.4) is 0 Å². The molecule has 0 saturated heterocycles. The maximum Gasteiger partial charge on any atom is 0.199 e. The minimum absolute atomic E-state index is 1.06. The fourth-order valence-corrected chi connectivity index (χ4v) is 1.41. The molecule has 70 valence electrons. The molecule has 2 nitrogen and oxygen atoms in total. The van der Waals surface area contributed by atoms with Crippen molar-refractivity contribution in [1.82, 2.24) is 0 Å². The SMILES string of the molecule is Brc1ccc(N[n+]2ccccc2)cc1. The highest BCUT2D eigenvalue weighted by Gasteiger charge is 1.97. The molecule has 0 unspecified atom stereocenters. The first-order valence-electron chi connectivity index (χ1n) is 4.33. The summed E-state index contributed by atoms with van der Waals surface area (Å²) >= 11 is 3.40. The summed E-state index contributed by atoms with van der Waals surface area (Å²) in [4.78, 5) is 0. The molecule has 0 bridgehead atoms. The van der Waals surface area contributed by atoms with Crippen LogP contribution in [0.4, 0.5) is 5.69 Å². The number of hydrogen-bond donors (Lipinski definition) is 1. The molecule has 0 atom stereocenters. The summed E-state index contributed by atoms with van der Waals surface area (Å²) in [6.45, 7) is 0. The van der Waals surface area contributed by atoms with Gasteiger partial charge >= 0.3 is 0 Å². The molecule has 0 fully saturated rings. The molecular formula is C11H10BrN2+. The Hall–Kier alpha value is -1.35. The number of hydrogen-bond acceptors (Lipinski definition) is 1. The molecule has 2 aromatic rings. The number of benzene rings is 1. The highest BCUT2D eigenvalue weighted by molar-refractivity contribution is 9.10. The van der Waals surface area contributed by atoms with Crippen LogP contribution in [0.15, 0.2) is 59.3 Å². The smallest absolute Gasteiger partial charge is 0.161 e. The molecule has 0 radical (unpaired) electrons. The Balaban J connectivity index is 2.16. The maximum absolute atomic E-state index is 3.40. The van der Waals surface area contributed by atoms with Crippen molar-refractivity contribution in [3.05, 3.63) is 59.3 Å². The van der Waals surface area contributed by atoms with E-state index in [9.17, 15) is 0 Å². The molecule has 1 N–H and O–H groups in total. The van der Waals surface area contributed by atoms with Gasteiger partial charge in [-0.15, -0.1) is 0 Å². The summed E-state index contributed by atoms with van der Waals surface area (Å²) in [6.07, 6.45) is 3.92. The number of rotatable bonds is 2. The molecule has 0 aliphatic heterocycles. The second kappa shape index (κ2) is 4.24. The van der Waals surface area contributed by atoms with Gasteiger partial charge in [0.25, 0.3) is 0 Å². The van der Waals surface area contributed by atoms with Gasteiger partial charge in [-0.05, 0) is 24.3 Å². The molecule has 1 aromatic heterocycles. The molecule has 14 heavy (non-hydrogen) atoms. The Morgan fingerprint density at radius 2 is 1.57 bits per heavy atom. The lowest BCUT2D eigenvalue weighted by Gasteiger charge is -1.99. The number of nitrogens with zero attached hydrogens (tertiary/aromatic N) is 1. The standard InChI is InChI=1S/C11H10BrN2/c12-10-4-6-11(7-5-10)13-14-8-2-1-3-9-14/h1-9,13H/q+1. The predicted molar refractivity (Wildman–Crippen MR) is 59.8 cm³/mol. The van der Waals surface area contributed by atoms with Crippen LogP contribution in [0.2, 0.25) is 0 Å². The number of nitrogens with one attached hydrogen (secondary N) is 1. The Kier molecular flexibility index (Phi) is 2.79. The van der Waals surface area contributed by atoms with Crippen LogP contribution in [0.5, 0.6) is 0 Å². The van der Waals surface area contributed by atoms with Crippen molar-refractivity contribution in [2.24, 2.45) is 0 Å². The Morgan fingerprint density at radius 1 is 0.929 bits per heavy atom. The molecule has 0 amide bonds. The first kappa shape index (κ1) is 9.21. The zero-order valence-electron chi connectivity index (χ0n) is 7.52. The van der Waals surface area contributed by atoms with Crippen LogP contribution in [0.1, 0.15) is 0 Å². The molecule has 0 aliphatic rings. The van der Waals surface area contributed by atoms with Gasteiger partial charge < -0.3 is 0 Å². The summed E-state index contributed by atoms with van der Waals surface area (Å²) in [5.74, 6) is 0. The highest BCUT2D eigenvalue weighted by Crippen LogP contribution is 2.12. The Bertz CT molecular complexity index is 397. The Morgan fingerprint density at radius 3 is 2.21 bits per heavy atom. The molecule has 3 heteroatoms. The molecule has 0 aliphatic carbocycles. The van der Waals surface area contributed by atoms with E-state index in [0.717, 1.165) is 10.2 Å². The van der Waals surface area contributed by atoms with Crippen molar-refractivity contribution in [3.8, 4) is 0 Å². The fourth-order valence-electron chi connectivity index (χ4n) is 1.15. The third kappa shape index (κ3) is 2.33. The lowest BCUT2D eigenvalue weighted by atomic mass is 10.3. The maximum atomic E-state index is 3.40. The number of halogens is 1. The van der Waals surface area contributed by atoms with Gasteiger partial charge in [-0.3, -0.25) is 0 Å². The van der Waals surface area contributed by atoms with E-state index >= 15 is 0 Å². The quantitative estimate of drug-likeness (QED) is 0.810. The monoisotopic (exact) mass is 249 g/mol. The van der Waals surface area contributed by atoms with Gasteiger partial charge in [0.15, 0.2) is 12.4 Å². The van der Waals surface area contributed by atoms with Crippen molar-refractivity contribution >= 4 is 21.6 Å². The molecule has 2 rings (SSSR count).